The molecule has 1 N–H and O–H groups in total. The first-order valence-electron chi connectivity index (χ1n) is 9.27. The van der Waals surface area contributed by atoms with Crippen molar-refractivity contribution < 1.29 is 19.2 Å². The second kappa shape index (κ2) is 7.86. The van der Waals surface area contributed by atoms with Crippen molar-refractivity contribution in [3.63, 3.8) is 0 Å². The van der Waals surface area contributed by atoms with E-state index in [1.165, 1.54) is 30.1 Å². The molecule has 0 saturated carbocycles. The molecule has 11 heteroatoms. The molecule has 1 aliphatic heterocycles. The van der Waals surface area contributed by atoms with Crippen molar-refractivity contribution >= 4 is 34.1 Å². The average Bonchev–Trinajstić information content (AvgIpc) is 2.75. The van der Waals surface area contributed by atoms with Gasteiger partial charge in [0, 0.05) is 19.2 Å². The minimum Gasteiger partial charge on any atom is -0.482 e. The van der Waals surface area contributed by atoms with Gasteiger partial charge in [-0.15, -0.1) is 0 Å². The number of hydrogen-bond donors (Lipinski definition) is 1. The second-order valence-corrected chi connectivity index (χ2v) is 6.96. The lowest BCUT2D eigenvalue weighted by molar-refractivity contribution is -0.384. The van der Waals surface area contributed by atoms with E-state index in [2.05, 4.69) is 9.97 Å². The van der Waals surface area contributed by atoms with Crippen LogP contribution in [0.4, 0.5) is 11.4 Å². The standard InChI is InChI=1S/C20H17N5O6/c1-23(9-17-21-14-5-3-2-4-13(14)20(28)22-17)18(26)10-24-15-8-12(25(29)30)6-7-16(15)31-11-19(24)27/h2-8H,9-11H2,1H3,(H,21,22,28). The SMILES string of the molecule is CN(Cc1nc2ccccc2c(=O)[nH]1)C(=O)CN1C(=O)COc2ccc([N+](=O)[O-])cc21. The molecule has 0 atom stereocenters. The van der Waals surface area contributed by atoms with Gasteiger partial charge in [0.25, 0.3) is 17.2 Å². The normalized spacial score (nSPS) is 12.9. The largest absolute Gasteiger partial charge is 0.482 e. The summed E-state index contributed by atoms with van der Waals surface area (Å²) in [5, 5.41) is 11.5. The van der Waals surface area contributed by atoms with Gasteiger partial charge in [-0.2, -0.15) is 0 Å². The van der Waals surface area contributed by atoms with Gasteiger partial charge in [0.2, 0.25) is 5.91 Å². The molecule has 1 aliphatic rings. The lowest BCUT2D eigenvalue weighted by Gasteiger charge is -2.30. The Hall–Kier alpha value is -4.28. The summed E-state index contributed by atoms with van der Waals surface area (Å²) < 4.78 is 5.30. The highest BCUT2D eigenvalue weighted by Gasteiger charge is 2.30. The highest BCUT2D eigenvalue weighted by Crippen LogP contribution is 2.35. The Bertz CT molecular complexity index is 1270. The van der Waals surface area contributed by atoms with Crippen LogP contribution in [0.5, 0.6) is 5.75 Å². The summed E-state index contributed by atoms with van der Waals surface area (Å²) in [6.45, 7) is -0.606. The monoisotopic (exact) mass is 423 g/mol. The number of carbonyl (C=O) groups is 2. The number of aromatic amines is 1. The first-order valence-corrected chi connectivity index (χ1v) is 9.27. The number of nitrogens with one attached hydrogen (secondary N) is 1. The van der Waals surface area contributed by atoms with Gasteiger partial charge in [-0.1, -0.05) is 12.1 Å². The third kappa shape index (κ3) is 3.92. The van der Waals surface area contributed by atoms with Gasteiger partial charge in [0.05, 0.1) is 28.1 Å². The Morgan fingerprint density at radius 3 is 2.84 bits per heavy atom. The minimum atomic E-state index is -0.590. The summed E-state index contributed by atoms with van der Waals surface area (Å²) in [5.74, 6) is -0.361. The third-order valence-corrected chi connectivity index (χ3v) is 4.86. The second-order valence-electron chi connectivity index (χ2n) is 6.96. The molecule has 0 bridgehead atoms. The molecule has 31 heavy (non-hydrogen) atoms. The number of anilines is 1. The number of nitro benzene ring substituents is 1. The van der Waals surface area contributed by atoms with Crippen molar-refractivity contribution in [3.05, 3.63) is 68.8 Å². The molecule has 0 unspecified atom stereocenters. The van der Waals surface area contributed by atoms with Gasteiger partial charge >= 0.3 is 0 Å². The summed E-state index contributed by atoms with van der Waals surface area (Å²) in [4.78, 5) is 57.3. The predicted octanol–water partition coefficient (Wildman–Crippen LogP) is 1.22. The lowest BCUT2D eigenvalue weighted by atomic mass is 10.2. The van der Waals surface area contributed by atoms with Crippen molar-refractivity contribution in [2.45, 2.75) is 6.54 Å². The number of H-pyrrole nitrogens is 1. The van der Waals surface area contributed by atoms with Crippen LogP contribution in [0.1, 0.15) is 5.82 Å². The molecule has 158 valence electrons. The predicted molar refractivity (Wildman–Crippen MR) is 110 cm³/mol. The minimum absolute atomic E-state index is 0.0131. The number of fused-ring (bicyclic) bond motifs is 2. The molecule has 2 heterocycles. The summed E-state index contributed by atoms with van der Waals surface area (Å²) in [5.41, 5.74) is 0.128. The van der Waals surface area contributed by atoms with Gasteiger partial charge in [0.15, 0.2) is 6.61 Å². The number of rotatable bonds is 5. The summed E-state index contributed by atoms with van der Waals surface area (Å²) in [7, 11) is 1.51. The summed E-state index contributed by atoms with van der Waals surface area (Å²) in [6.07, 6.45) is 0. The number of ether oxygens (including phenoxy) is 1. The van der Waals surface area contributed by atoms with Crippen molar-refractivity contribution in [2.24, 2.45) is 0 Å². The molecular weight excluding hydrogens is 406 g/mol. The smallest absolute Gasteiger partial charge is 0.271 e. The van der Waals surface area contributed by atoms with Crippen LogP contribution < -0.4 is 15.2 Å². The number of benzene rings is 2. The number of aromatic nitrogens is 2. The van der Waals surface area contributed by atoms with E-state index in [0.717, 1.165) is 4.90 Å². The number of nitrogens with zero attached hydrogens (tertiary/aromatic N) is 4. The molecule has 3 aromatic rings. The van der Waals surface area contributed by atoms with Crippen LogP contribution in [0.15, 0.2) is 47.3 Å². The zero-order valence-corrected chi connectivity index (χ0v) is 16.4. The van der Waals surface area contributed by atoms with E-state index in [4.69, 9.17) is 4.74 Å². The van der Waals surface area contributed by atoms with Gasteiger partial charge < -0.3 is 14.6 Å². The number of hydrogen-bond acceptors (Lipinski definition) is 7. The van der Waals surface area contributed by atoms with Crippen LogP contribution in [0.25, 0.3) is 10.9 Å². The highest BCUT2D eigenvalue weighted by molar-refractivity contribution is 6.02. The van der Waals surface area contributed by atoms with Gasteiger partial charge in [-0.05, 0) is 18.2 Å². The number of likely N-dealkylation sites (N-methyl/N-ethyl adjacent to an activating group) is 1. The number of amides is 2. The van der Waals surface area contributed by atoms with E-state index in [9.17, 15) is 24.5 Å². The Labute approximate surface area is 175 Å². The maximum Gasteiger partial charge on any atom is 0.271 e. The van der Waals surface area contributed by atoms with Gasteiger partial charge in [-0.25, -0.2) is 4.98 Å². The van der Waals surface area contributed by atoms with Crippen LogP contribution in [0.3, 0.4) is 0 Å². The quantitative estimate of drug-likeness (QED) is 0.481. The summed E-state index contributed by atoms with van der Waals surface area (Å²) in [6, 6.07) is 10.7. The Balaban J connectivity index is 1.54. The average molecular weight is 423 g/mol. The van der Waals surface area contributed by atoms with Gasteiger partial charge in [0.1, 0.15) is 18.1 Å². The molecule has 0 radical (unpaired) electrons. The Kier molecular flexibility index (Phi) is 5.07. The molecule has 0 saturated heterocycles. The number of nitro groups is 1. The maximum atomic E-state index is 12.8. The molecule has 2 aromatic carbocycles. The third-order valence-electron chi connectivity index (χ3n) is 4.86. The number of non-ortho nitro benzene ring substituents is 1. The fourth-order valence-corrected chi connectivity index (χ4v) is 3.26. The highest BCUT2D eigenvalue weighted by atomic mass is 16.6. The molecule has 1 aromatic heterocycles. The van der Waals surface area contributed by atoms with E-state index < -0.39 is 16.7 Å². The van der Waals surface area contributed by atoms with E-state index in [0.29, 0.717) is 16.7 Å². The molecular formula is C20H17N5O6. The van der Waals surface area contributed by atoms with Crippen molar-refractivity contribution in [1.29, 1.82) is 0 Å². The fraction of sp³-hybridized carbons (Fsp3) is 0.200. The van der Waals surface area contributed by atoms with E-state index in [-0.39, 0.29) is 42.4 Å². The summed E-state index contributed by atoms with van der Waals surface area (Å²) >= 11 is 0. The molecule has 2 amide bonds. The van der Waals surface area contributed by atoms with Crippen LogP contribution >= 0.6 is 0 Å². The van der Waals surface area contributed by atoms with E-state index >= 15 is 0 Å². The van der Waals surface area contributed by atoms with E-state index in [1.807, 2.05) is 0 Å². The van der Waals surface area contributed by atoms with Crippen molar-refractivity contribution in [1.82, 2.24) is 14.9 Å². The zero-order chi connectivity index (χ0) is 22.1. The number of carbonyl (C=O) groups excluding carboxylic acids is 2. The molecule has 4 rings (SSSR count). The number of para-hydroxylation sites is 1. The Morgan fingerprint density at radius 2 is 2.06 bits per heavy atom. The first kappa shape index (κ1) is 20.0. The van der Waals surface area contributed by atoms with E-state index in [1.54, 1.807) is 24.3 Å². The van der Waals surface area contributed by atoms with Gasteiger partial charge in [-0.3, -0.25) is 29.4 Å². The van der Waals surface area contributed by atoms with Crippen LogP contribution in [-0.4, -0.2) is 51.8 Å². The topological polar surface area (TPSA) is 139 Å². The van der Waals surface area contributed by atoms with Crippen molar-refractivity contribution in [3.8, 4) is 5.75 Å². The Morgan fingerprint density at radius 1 is 1.29 bits per heavy atom. The maximum absolute atomic E-state index is 12.8. The van der Waals surface area contributed by atoms with Crippen LogP contribution in [-0.2, 0) is 16.1 Å². The molecule has 0 fully saturated rings. The van der Waals surface area contributed by atoms with Crippen LogP contribution in [0, 0.1) is 10.1 Å². The fourth-order valence-electron chi connectivity index (χ4n) is 3.26. The molecule has 0 aliphatic carbocycles. The molecule has 0 spiro atoms. The molecule has 11 nitrogen and oxygen atoms in total. The first-order chi connectivity index (χ1) is 14.8. The zero-order valence-electron chi connectivity index (χ0n) is 16.4. The lowest BCUT2D eigenvalue weighted by Crippen LogP contribution is -2.45. The van der Waals surface area contributed by atoms with Crippen LogP contribution in [0.2, 0.25) is 0 Å². The van der Waals surface area contributed by atoms with Crippen molar-refractivity contribution in [2.75, 3.05) is 25.1 Å².